The maximum absolute atomic E-state index is 12.0. The number of carbonyl (C=O) groups excluding carboxylic acids is 1. The standard InChI is InChI=1S/C18H28O3/c1-3-5-6-9-13-20-14-15-21-18(19)17-12-8-7-11-16(17)10-4-2/h7-8,11-12H,3-6,9-10,13-15H2,1-2H3. The molecule has 0 aliphatic carbocycles. The Morgan fingerprint density at radius 2 is 1.76 bits per heavy atom. The highest BCUT2D eigenvalue weighted by atomic mass is 16.6. The van der Waals surface area contributed by atoms with Crippen molar-refractivity contribution in [1.29, 1.82) is 0 Å². The Morgan fingerprint density at radius 3 is 2.52 bits per heavy atom. The van der Waals surface area contributed by atoms with E-state index in [1.165, 1.54) is 19.3 Å². The summed E-state index contributed by atoms with van der Waals surface area (Å²) in [6, 6.07) is 7.66. The summed E-state index contributed by atoms with van der Waals surface area (Å²) in [5.74, 6) is -0.242. The zero-order valence-corrected chi connectivity index (χ0v) is 13.4. The van der Waals surface area contributed by atoms with Crippen molar-refractivity contribution < 1.29 is 14.3 Å². The van der Waals surface area contributed by atoms with E-state index < -0.39 is 0 Å². The second kappa shape index (κ2) is 11.3. The van der Waals surface area contributed by atoms with Gasteiger partial charge < -0.3 is 9.47 Å². The van der Waals surface area contributed by atoms with Gasteiger partial charge >= 0.3 is 5.97 Å². The van der Waals surface area contributed by atoms with Crippen LogP contribution >= 0.6 is 0 Å². The fourth-order valence-electron chi connectivity index (χ4n) is 2.21. The van der Waals surface area contributed by atoms with E-state index in [2.05, 4.69) is 13.8 Å². The first-order valence-corrected chi connectivity index (χ1v) is 8.12. The number of carbonyl (C=O) groups is 1. The zero-order chi connectivity index (χ0) is 15.3. The quantitative estimate of drug-likeness (QED) is 0.448. The summed E-state index contributed by atoms with van der Waals surface area (Å²) < 4.78 is 10.7. The topological polar surface area (TPSA) is 35.5 Å². The van der Waals surface area contributed by atoms with Gasteiger partial charge in [0.15, 0.2) is 0 Å². The van der Waals surface area contributed by atoms with Gasteiger partial charge in [0, 0.05) is 6.61 Å². The third kappa shape index (κ3) is 7.28. The molecule has 0 N–H and O–H groups in total. The van der Waals surface area contributed by atoms with Crippen LogP contribution in [0.25, 0.3) is 0 Å². The number of benzene rings is 1. The van der Waals surface area contributed by atoms with Gasteiger partial charge in [0.05, 0.1) is 12.2 Å². The van der Waals surface area contributed by atoms with Crippen molar-refractivity contribution in [3.8, 4) is 0 Å². The second-order valence-corrected chi connectivity index (χ2v) is 5.22. The Hall–Kier alpha value is -1.35. The molecular formula is C18H28O3. The molecule has 0 atom stereocenters. The molecule has 21 heavy (non-hydrogen) atoms. The second-order valence-electron chi connectivity index (χ2n) is 5.22. The Labute approximate surface area is 128 Å². The predicted molar refractivity (Wildman–Crippen MR) is 85.7 cm³/mol. The van der Waals surface area contributed by atoms with Crippen molar-refractivity contribution in [2.45, 2.75) is 52.4 Å². The molecule has 0 spiro atoms. The SMILES string of the molecule is CCCCCCOCCOC(=O)c1ccccc1CCC. The van der Waals surface area contributed by atoms with Gasteiger partial charge in [0.25, 0.3) is 0 Å². The number of hydrogen-bond acceptors (Lipinski definition) is 3. The van der Waals surface area contributed by atoms with Gasteiger partial charge in [-0.1, -0.05) is 57.7 Å². The molecule has 0 fully saturated rings. The largest absolute Gasteiger partial charge is 0.460 e. The Morgan fingerprint density at radius 1 is 0.952 bits per heavy atom. The molecule has 0 heterocycles. The third-order valence-corrected chi connectivity index (χ3v) is 3.36. The van der Waals surface area contributed by atoms with Crippen molar-refractivity contribution in [3.63, 3.8) is 0 Å². The normalized spacial score (nSPS) is 10.6. The van der Waals surface area contributed by atoms with E-state index in [1.54, 1.807) is 0 Å². The highest BCUT2D eigenvalue weighted by Gasteiger charge is 2.11. The zero-order valence-electron chi connectivity index (χ0n) is 13.4. The van der Waals surface area contributed by atoms with E-state index in [4.69, 9.17) is 9.47 Å². The Bertz CT molecular complexity index is 401. The van der Waals surface area contributed by atoms with E-state index in [1.807, 2.05) is 24.3 Å². The van der Waals surface area contributed by atoms with Crippen molar-refractivity contribution >= 4 is 5.97 Å². The van der Waals surface area contributed by atoms with Crippen molar-refractivity contribution in [2.75, 3.05) is 19.8 Å². The molecule has 3 nitrogen and oxygen atoms in total. The molecular weight excluding hydrogens is 264 g/mol. The Kier molecular flexibility index (Phi) is 9.55. The van der Waals surface area contributed by atoms with Gasteiger partial charge in [-0.15, -0.1) is 0 Å². The summed E-state index contributed by atoms with van der Waals surface area (Å²) in [6.07, 6.45) is 6.70. The minimum Gasteiger partial charge on any atom is -0.460 e. The van der Waals surface area contributed by atoms with E-state index in [9.17, 15) is 4.79 Å². The molecule has 3 heteroatoms. The molecule has 1 aromatic carbocycles. The van der Waals surface area contributed by atoms with Gasteiger partial charge in [0.1, 0.15) is 6.61 Å². The van der Waals surface area contributed by atoms with Crippen LogP contribution in [0.15, 0.2) is 24.3 Å². The third-order valence-electron chi connectivity index (χ3n) is 3.36. The molecule has 1 aromatic rings. The van der Waals surface area contributed by atoms with Crippen LogP contribution in [0.5, 0.6) is 0 Å². The lowest BCUT2D eigenvalue weighted by Gasteiger charge is -2.09. The summed E-state index contributed by atoms with van der Waals surface area (Å²) in [7, 11) is 0. The minimum absolute atomic E-state index is 0.242. The highest BCUT2D eigenvalue weighted by Crippen LogP contribution is 2.12. The summed E-state index contributed by atoms with van der Waals surface area (Å²) in [5.41, 5.74) is 1.74. The van der Waals surface area contributed by atoms with Gasteiger partial charge in [0.2, 0.25) is 0 Å². The molecule has 0 amide bonds. The molecule has 1 rings (SSSR count). The molecule has 0 aliphatic rings. The van der Waals surface area contributed by atoms with Crippen LogP contribution < -0.4 is 0 Å². The Balaban J connectivity index is 2.22. The van der Waals surface area contributed by atoms with Crippen LogP contribution in [0, 0.1) is 0 Å². The molecule has 0 saturated carbocycles. The lowest BCUT2D eigenvalue weighted by atomic mass is 10.0. The molecule has 0 unspecified atom stereocenters. The first-order valence-electron chi connectivity index (χ1n) is 8.12. The number of rotatable bonds is 11. The molecule has 0 saturated heterocycles. The van der Waals surface area contributed by atoms with Gasteiger partial charge in [-0.25, -0.2) is 4.79 Å². The first kappa shape index (κ1) is 17.7. The van der Waals surface area contributed by atoms with Gasteiger partial charge in [-0.2, -0.15) is 0 Å². The fraction of sp³-hybridized carbons (Fsp3) is 0.611. The summed E-state index contributed by atoms with van der Waals surface area (Å²) >= 11 is 0. The lowest BCUT2D eigenvalue weighted by molar-refractivity contribution is 0.0311. The van der Waals surface area contributed by atoms with Crippen LogP contribution in [-0.2, 0) is 15.9 Å². The minimum atomic E-state index is -0.242. The molecule has 118 valence electrons. The van der Waals surface area contributed by atoms with E-state index in [0.29, 0.717) is 18.8 Å². The molecule has 0 bridgehead atoms. The smallest absolute Gasteiger partial charge is 0.338 e. The van der Waals surface area contributed by atoms with Crippen LogP contribution in [0.1, 0.15) is 61.9 Å². The number of unbranched alkanes of at least 4 members (excludes halogenated alkanes) is 3. The first-order chi connectivity index (χ1) is 10.3. The van der Waals surface area contributed by atoms with Crippen LogP contribution in [0.4, 0.5) is 0 Å². The number of ether oxygens (including phenoxy) is 2. The summed E-state index contributed by atoms with van der Waals surface area (Å²) in [6.45, 7) is 5.86. The monoisotopic (exact) mass is 292 g/mol. The van der Waals surface area contributed by atoms with Gasteiger partial charge in [-0.05, 0) is 24.5 Å². The summed E-state index contributed by atoms with van der Waals surface area (Å²) in [4.78, 5) is 12.0. The van der Waals surface area contributed by atoms with Crippen molar-refractivity contribution in [1.82, 2.24) is 0 Å². The maximum Gasteiger partial charge on any atom is 0.338 e. The van der Waals surface area contributed by atoms with Crippen LogP contribution in [0.2, 0.25) is 0 Å². The van der Waals surface area contributed by atoms with Crippen molar-refractivity contribution in [2.24, 2.45) is 0 Å². The van der Waals surface area contributed by atoms with E-state index >= 15 is 0 Å². The average molecular weight is 292 g/mol. The predicted octanol–water partition coefficient (Wildman–Crippen LogP) is 4.39. The number of aryl methyl sites for hydroxylation is 1. The fourth-order valence-corrected chi connectivity index (χ4v) is 2.21. The van der Waals surface area contributed by atoms with Crippen molar-refractivity contribution in [3.05, 3.63) is 35.4 Å². The average Bonchev–Trinajstić information content (AvgIpc) is 2.50. The maximum atomic E-state index is 12.0. The lowest BCUT2D eigenvalue weighted by Crippen LogP contribution is -2.13. The molecule has 0 radical (unpaired) electrons. The van der Waals surface area contributed by atoms with Gasteiger partial charge in [-0.3, -0.25) is 0 Å². The van der Waals surface area contributed by atoms with Crippen LogP contribution in [0.3, 0.4) is 0 Å². The summed E-state index contributed by atoms with van der Waals surface area (Å²) in [5, 5.41) is 0. The molecule has 0 aromatic heterocycles. The van der Waals surface area contributed by atoms with E-state index in [-0.39, 0.29) is 5.97 Å². The van der Waals surface area contributed by atoms with E-state index in [0.717, 1.165) is 31.4 Å². The number of esters is 1. The molecule has 0 aliphatic heterocycles. The highest BCUT2D eigenvalue weighted by molar-refractivity contribution is 5.91. The number of hydrogen-bond donors (Lipinski definition) is 0. The van der Waals surface area contributed by atoms with Crippen LogP contribution in [-0.4, -0.2) is 25.8 Å².